The van der Waals surface area contributed by atoms with Crippen LogP contribution in [0, 0.1) is 6.92 Å². The second-order valence-electron chi connectivity index (χ2n) is 3.80. The quantitative estimate of drug-likeness (QED) is 0.646. The van der Waals surface area contributed by atoms with Crippen molar-refractivity contribution in [3.05, 3.63) is 51.7 Å². The predicted octanol–water partition coefficient (Wildman–Crippen LogP) is 2.62. The van der Waals surface area contributed by atoms with Gasteiger partial charge in [-0.1, -0.05) is 12.1 Å². The molecule has 0 radical (unpaired) electrons. The first-order valence-electron chi connectivity index (χ1n) is 5.40. The average Bonchev–Trinajstić information content (AvgIpc) is 2.78. The molecule has 90 valence electrons. The van der Waals surface area contributed by atoms with E-state index in [1.165, 1.54) is 10.4 Å². The predicted molar refractivity (Wildman–Crippen MR) is 71.2 cm³/mol. The molecule has 1 atom stereocenters. The summed E-state index contributed by atoms with van der Waals surface area (Å²) in [7, 11) is 1.66. The van der Waals surface area contributed by atoms with Crippen LogP contribution in [-0.2, 0) is 0 Å². The number of methoxy groups -OCH3 is 1. The molecule has 3 N–H and O–H groups in total. The summed E-state index contributed by atoms with van der Waals surface area (Å²) >= 11 is 1.73. The maximum absolute atomic E-state index is 5.66. The van der Waals surface area contributed by atoms with Crippen molar-refractivity contribution in [2.24, 2.45) is 5.84 Å². The van der Waals surface area contributed by atoms with Gasteiger partial charge in [0.05, 0.1) is 13.2 Å². The van der Waals surface area contributed by atoms with Gasteiger partial charge in [-0.15, -0.1) is 11.3 Å². The van der Waals surface area contributed by atoms with Crippen molar-refractivity contribution < 1.29 is 4.74 Å². The summed E-state index contributed by atoms with van der Waals surface area (Å²) in [5.41, 5.74) is 5.22. The lowest BCUT2D eigenvalue weighted by Crippen LogP contribution is -2.28. The molecule has 0 aliphatic carbocycles. The Hall–Kier alpha value is -1.36. The van der Waals surface area contributed by atoms with Crippen LogP contribution in [0.1, 0.15) is 22.0 Å². The van der Waals surface area contributed by atoms with Gasteiger partial charge < -0.3 is 4.74 Å². The topological polar surface area (TPSA) is 47.3 Å². The van der Waals surface area contributed by atoms with Crippen LogP contribution in [0.15, 0.2) is 35.7 Å². The van der Waals surface area contributed by atoms with Crippen molar-refractivity contribution in [3.63, 3.8) is 0 Å². The first-order chi connectivity index (χ1) is 8.26. The number of ether oxygens (including phenoxy) is 1. The summed E-state index contributed by atoms with van der Waals surface area (Å²) in [6, 6.07) is 10.1. The van der Waals surface area contributed by atoms with E-state index in [2.05, 4.69) is 23.8 Å². The van der Waals surface area contributed by atoms with Gasteiger partial charge in [0.1, 0.15) is 5.75 Å². The van der Waals surface area contributed by atoms with E-state index in [4.69, 9.17) is 10.6 Å². The Kier molecular flexibility index (Phi) is 3.78. The van der Waals surface area contributed by atoms with Crippen LogP contribution in [-0.4, -0.2) is 7.11 Å². The zero-order chi connectivity index (χ0) is 12.3. The number of rotatable bonds is 4. The molecule has 1 heterocycles. The first-order valence-corrected chi connectivity index (χ1v) is 6.28. The zero-order valence-electron chi connectivity index (χ0n) is 9.94. The minimum absolute atomic E-state index is 0.0344. The van der Waals surface area contributed by atoms with Crippen molar-refractivity contribution in [2.75, 3.05) is 7.11 Å². The van der Waals surface area contributed by atoms with E-state index < -0.39 is 0 Å². The Morgan fingerprint density at radius 1 is 1.24 bits per heavy atom. The molecular weight excluding hydrogens is 232 g/mol. The van der Waals surface area contributed by atoms with Crippen LogP contribution in [0.4, 0.5) is 0 Å². The van der Waals surface area contributed by atoms with Crippen LogP contribution in [0.2, 0.25) is 0 Å². The molecule has 1 unspecified atom stereocenters. The highest BCUT2D eigenvalue weighted by Gasteiger charge is 2.15. The van der Waals surface area contributed by atoms with Crippen LogP contribution in [0.25, 0.3) is 0 Å². The number of hydrogen-bond donors (Lipinski definition) is 2. The van der Waals surface area contributed by atoms with Gasteiger partial charge >= 0.3 is 0 Å². The van der Waals surface area contributed by atoms with Gasteiger partial charge in [-0.3, -0.25) is 5.84 Å². The summed E-state index contributed by atoms with van der Waals surface area (Å²) in [6.45, 7) is 2.11. The summed E-state index contributed by atoms with van der Waals surface area (Å²) in [5.74, 6) is 6.51. The van der Waals surface area contributed by atoms with Crippen LogP contribution in [0.3, 0.4) is 0 Å². The summed E-state index contributed by atoms with van der Waals surface area (Å²) < 4.78 is 5.15. The number of nitrogens with two attached hydrogens (primary N) is 1. The second-order valence-corrected chi connectivity index (χ2v) is 4.93. The highest BCUT2D eigenvalue weighted by Crippen LogP contribution is 2.28. The molecule has 2 rings (SSSR count). The highest BCUT2D eigenvalue weighted by molar-refractivity contribution is 7.10. The van der Waals surface area contributed by atoms with Gasteiger partial charge in [-0.05, 0) is 41.6 Å². The fourth-order valence-corrected chi connectivity index (χ4v) is 2.60. The van der Waals surface area contributed by atoms with E-state index in [9.17, 15) is 0 Å². The molecule has 0 aliphatic heterocycles. The Morgan fingerprint density at radius 2 is 1.94 bits per heavy atom. The normalized spacial score (nSPS) is 12.4. The lowest BCUT2D eigenvalue weighted by Gasteiger charge is -2.16. The Balaban J connectivity index is 2.32. The third-order valence-electron chi connectivity index (χ3n) is 2.83. The van der Waals surface area contributed by atoms with E-state index in [0.717, 1.165) is 11.3 Å². The van der Waals surface area contributed by atoms with Crippen LogP contribution < -0.4 is 16.0 Å². The van der Waals surface area contributed by atoms with Crippen molar-refractivity contribution in [3.8, 4) is 5.75 Å². The van der Waals surface area contributed by atoms with E-state index in [-0.39, 0.29) is 6.04 Å². The fraction of sp³-hybridized carbons (Fsp3) is 0.231. The molecular formula is C13H16N2OS. The molecule has 0 fully saturated rings. The van der Waals surface area contributed by atoms with Gasteiger partial charge in [0.15, 0.2) is 0 Å². The summed E-state index contributed by atoms with van der Waals surface area (Å²) in [6.07, 6.45) is 0. The Bertz CT molecular complexity index is 478. The maximum Gasteiger partial charge on any atom is 0.118 e. The SMILES string of the molecule is COc1ccc(C(NN)c2ccsc2C)cc1. The largest absolute Gasteiger partial charge is 0.497 e. The monoisotopic (exact) mass is 248 g/mol. The molecule has 3 nitrogen and oxygen atoms in total. The zero-order valence-corrected chi connectivity index (χ0v) is 10.8. The number of benzene rings is 1. The first kappa shape index (κ1) is 12.1. The number of nitrogens with one attached hydrogen (secondary N) is 1. The molecule has 2 aromatic rings. The fourth-order valence-electron chi connectivity index (χ4n) is 1.86. The maximum atomic E-state index is 5.66. The third kappa shape index (κ3) is 2.49. The molecule has 0 amide bonds. The molecule has 17 heavy (non-hydrogen) atoms. The van der Waals surface area contributed by atoms with Gasteiger partial charge in [0, 0.05) is 4.88 Å². The third-order valence-corrected chi connectivity index (χ3v) is 3.69. The van der Waals surface area contributed by atoms with Gasteiger partial charge in [0.2, 0.25) is 0 Å². The minimum Gasteiger partial charge on any atom is -0.497 e. The van der Waals surface area contributed by atoms with Gasteiger partial charge in [-0.2, -0.15) is 0 Å². The van der Waals surface area contributed by atoms with Gasteiger partial charge in [-0.25, -0.2) is 5.43 Å². The Morgan fingerprint density at radius 3 is 2.41 bits per heavy atom. The van der Waals surface area contributed by atoms with Crippen molar-refractivity contribution in [2.45, 2.75) is 13.0 Å². The molecule has 0 aliphatic rings. The van der Waals surface area contributed by atoms with E-state index in [0.29, 0.717) is 0 Å². The molecule has 0 bridgehead atoms. The molecule has 1 aromatic carbocycles. The van der Waals surface area contributed by atoms with Crippen molar-refractivity contribution >= 4 is 11.3 Å². The van der Waals surface area contributed by atoms with Crippen molar-refractivity contribution in [1.29, 1.82) is 0 Å². The van der Waals surface area contributed by atoms with E-state index in [1.807, 2.05) is 24.3 Å². The average molecular weight is 248 g/mol. The minimum atomic E-state index is 0.0344. The summed E-state index contributed by atoms with van der Waals surface area (Å²) in [4.78, 5) is 1.28. The van der Waals surface area contributed by atoms with E-state index in [1.54, 1.807) is 18.4 Å². The number of thiophene rings is 1. The van der Waals surface area contributed by atoms with E-state index >= 15 is 0 Å². The molecule has 0 saturated heterocycles. The number of hydrazine groups is 1. The number of hydrogen-bond acceptors (Lipinski definition) is 4. The molecule has 0 spiro atoms. The van der Waals surface area contributed by atoms with Gasteiger partial charge in [0.25, 0.3) is 0 Å². The molecule has 0 saturated carbocycles. The Labute approximate surface area is 105 Å². The molecule has 4 heteroatoms. The lowest BCUT2D eigenvalue weighted by atomic mass is 10.00. The smallest absolute Gasteiger partial charge is 0.118 e. The van der Waals surface area contributed by atoms with Crippen molar-refractivity contribution in [1.82, 2.24) is 5.43 Å². The van der Waals surface area contributed by atoms with Crippen LogP contribution in [0.5, 0.6) is 5.75 Å². The molecule has 1 aromatic heterocycles. The second kappa shape index (κ2) is 5.31. The summed E-state index contributed by atoms with van der Waals surface area (Å²) in [5, 5.41) is 2.08. The standard InChI is InChI=1S/C13H16N2OS/c1-9-12(7-8-17-9)13(15-14)10-3-5-11(16-2)6-4-10/h3-8,13,15H,14H2,1-2H3. The van der Waals surface area contributed by atoms with Crippen LogP contribution >= 0.6 is 11.3 Å². The lowest BCUT2D eigenvalue weighted by molar-refractivity contribution is 0.414. The number of aryl methyl sites for hydroxylation is 1. The highest BCUT2D eigenvalue weighted by atomic mass is 32.1.